The number of hydrogen-bond acceptors (Lipinski definition) is 1. The quantitative estimate of drug-likeness (QED) is 0.496. The van der Waals surface area contributed by atoms with Crippen LogP contribution in [-0.2, 0) is 4.79 Å². The van der Waals surface area contributed by atoms with Crippen LogP contribution in [-0.4, -0.2) is 5.78 Å². The van der Waals surface area contributed by atoms with Crippen LogP contribution in [0.2, 0.25) is 0 Å². The molecular formula is C14H22O. The molecule has 0 saturated heterocycles. The molecule has 84 valence electrons. The van der Waals surface area contributed by atoms with Gasteiger partial charge in [0, 0.05) is 5.92 Å². The normalized spacial score (nSPS) is 30.8. The summed E-state index contributed by atoms with van der Waals surface area (Å²) < 4.78 is 0. The maximum Gasteiger partial charge on any atom is 0.152 e. The molecule has 0 aliphatic heterocycles. The van der Waals surface area contributed by atoms with Gasteiger partial charge in [0.15, 0.2) is 5.78 Å². The average molecular weight is 206 g/mol. The topological polar surface area (TPSA) is 17.1 Å². The van der Waals surface area contributed by atoms with Gasteiger partial charge in [0.1, 0.15) is 0 Å². The summed E-state index contributed by atoms with van der Waals surface area (Å²) in [5, 5.41) is 0. The molecule has 0 aromatic rings. The van der Waals surface area contributed by atoms with Crippen molar-refractivity contribution in [2.24, 2.45) is 17.3 Å². The first-order valence-corrected chi connectivity index (χ1v) is 5.72. The number of ketones is 1. The predicted molar refractivity (Wildman–Crippen MR) is 64.6 cm³/mol. The van der Waals surface area contributed by atoms with E-state index in [-0.39, 0.29) is 11.2 Å². The van der Waals surface area contributed by atoms with Crippen LogP contribution in [0.1, 0.15) is 40.5 Å². The van der Waals surface area contributed by atoms with Crippen molar-refractivity contribution in [3.63, 3.8) is 0 Å². The summed E-state index contributed by atoms with van der Waals surface area (Å²) in [4.78, 5) is 11.0. The highest BCUT2D eigenvalue weighted by Crippen LogP contribution is 2.47. The number of carbonyl (C=O) groups excluding carboxylic acids is 1. The second kappa shape index (κ2) is 4.34. The summed E-state index contributed by atoms with van der Waals surface area (Å²) in [6.45, 7) is 12.6. The lowest BCUT2D eigenvalue weighted by Crippen LogP contribution is -2.35. The molecule has 1 rings (SSSR count). The minimum atomic E-state index is 0.122. The summed E-state index contributed by atoms with van der Waals surface area (Å²) in [5.41, 5.74) is 1.50. The second-order valence-electron chi connectivity index (χ2n) is 5.37. The third-order valence-electron chi connectivity index (χ3n) is 3.93. The van der Waals surface area contributed by atoms with Gasteiger partial charge in [-0.05, 0) is 37.2 Å². The molecule has 0 amide bonds. The standard InChI is InChI=1S/C14H22O/c1-10-6-7-11(2)14(4,5)13(10)9-8-12(3)15/h8-9,11,13H,1,6-7H2,2-5H3/b9-8+. The molecule has 2 atom stereocenters. The summed E-state index contributed by atoms with van der Waals surface area (Å²) in [6.07, 6.45) is 6.05. The second-order valence-corrected chi connectivity index (χ2v) is 5.37. The van der Waals surface area contributed by atoms with Gasteiger partial charge in [-0.15, -0.1) is 0 Å². The van der Waals surface area contributed by atoms with Crippen molar-refractivity contribution >= 4 is 5.78 Å². The molecular weight excluding hydrogens is 184 g/mol. The Balaban J connectivity index is 2.90. The zero-order valence-corrected chi connectivity index (χ0v) is 10.3. The van der Waals surface area contributed by atoms with Gasteiger partial charge in [-0.1, -0.05) is 39.0 Å². The van der Waals surface area contributed by atoms with Crippen molar-refractivity contribution in [3.8, 4) is 0 Å². The van der Waals surface area contributed by atoms with E-state index in [4.69, 9.17) is 0 Å². The Labute approximate surface area is 93.3 Å². The van der Waals surface area contributed by atoms with Crippen LogP contribution in [0.3, 0.4) is 0 Å². The number of allylic oxidation sites excluding steroid dienone is 3. The number of carbonyl (C=O) groups is 1. The number of hydrogen-bond donors (Lipinski definition) is 0. The Morgan fingerprint density at radius 2 is 2.13 bits per heavy atom. The van der Waals surface area contributed by atoms with E-state index in [1.807, 2.05) is 6.08 Å². The lowest BCUT2D eigenvalue weighted by molar-refractivity contribution is -0.112. The minimum absolute atomic E-state index is 0.122. The summed E-state index contributed by atoms with van der Waals surface area (Å²) in [6, 6.07) is 0. The Bertz CT molecular complexity index is 296. The molecule has 1 heteroatoms. The van der Waals surface area contributed by atoms with Crippen molar-refractivity contribution in [2.45, 2.75) is 40.5 Å². The molecule has 1 saturated carbocycles. The van der Waals surface area contributed by atoms with Gasteiger partial charge in [0.25, 0.3) is 0 Å². The highest BCUT2D eigenvalue weighted by molar-refractivity contribution is 5.87. The number of rotatable bonds is 2. The van der Waals surface area contributed by atoms with Gasteiger partial charge in [-0.2, -0.15) is 0 Å². The smallest absolute Gasteiger partial charge is 0.152 e. The van der Waals surface area contributed by atoms with E-state index in [2.05, 4.69) is 27.4 Å². The largest absolute Gasteiger partial charge is 0.295 e. The van der Waals surface area contributed by atoms with E-state index in [1.54, 1.807) is 13.0 Å². The van der Waals surface area contributed by atoms with E-state index in [0.29, 0.717) is 11.8 Å². The van der Waals surface area contributed by atoms with Crippen LogP contribution >= 0.6 is 0 Å². The summed E-state index contributed by atoms with van der Waals surface area (Å²) in [5.74, 6) is 1.16. The van der Waals surface area contributed by atoms with Gasteiger partial charge < -0.3 is 0 Å². The first kappa shape index (κ1) is 12.2. The van der Waals surface area contributed by atoms with Crippen LogP contribution in [0.5, 0.6) is 0 Å². The monoisotopic (exact) mass is 206 g/mol. The predicted octanol–water partition coefficient (Wildman–Crippen LogP) is 3.76. The molecule has 0 aromatic heterocycles. The van der Waals surface area contributed by atoms with E-state index in [0.717, 1.165) is 6.42 Å². The van der Waals surface area contributed by atoms with Crippen LogP contribution in [0.25, 0.3) is 0 Å². The summed E-state index contributed by atoms with van der Waals surface area (Å²) >= 11 is 0. The molecule has 0 N–H and O–H groups in total. The van der Waals surface area contributed by atoms with Crippen molar-refractivity contribution < 1.29 is 4.79 Å². The molecule has 0 bridgehead atoms. The Hall–Kier alpha value is -0.850. The maximum absolute atomic E-state index is 11.0. The van der Waals surface area contributed by atoms with E-state index in [9.17, 15) is 4.79 Å². The fourth-order valence-corrected chi connectivity index (χ4v) is 2.38. The first-order chi connectivity index (χ1) is 6.85. The maximum atomic E-state index is 11.0. The van der Waals surface area contributed by atoms with Gasteiger partial charge in [-0.3, -0.25) is 4.79 Å². The Morgan fingerprint density at radius 3 is 2.67 bits per heavy atom. The van der Waals surface area contributed by atoms with Gasteiger partial charge >= 0.3 is 0 Å². The SMILES string of the molecule is C=C1CCC(C)C(C)(C)C1/C=C/C(C)=O. The first-order valence-electron chi connectivity index (χ1n) is 5.72. The Kier molecular flexibility index (Phi) is 3.54. The summed E-state index contributed by atoms with van der Waals surface area (Å²) in [7, 11) is 0. The van der Waals surface area contributed by atoms with Crippen molar-refractivity contribution in [3.05, 3.63) is 24.3 Å². The lowest BCUT2D eigenvalue weighted by Gasteiger charge is -2.44. The highest BCUT2D eigenvalue weighted by Gasteiger charge is 2.38. The van der Waals surface area contributed by atoms with Crippen molar-refractivity contribution in [2.75, 3.05) is 0 Å². The molecule has 0 aromatic carbocycles. The van der Waals surface area contributed by atoms with Crippen LogP contribution < -0.4 is 0 Å². The zero-order chi connectivity index (χ0) is 11.6. The van der Waals surface area contributed by atoms with Crippen LogP contribution in [0, 0.1) is 17.3 Å². The molecule has 0 spiro atoms. The van der Waals surface area contributed by atoms with E-state index < -0.39 is 0 Å². The van der Waals surface area contributed by atoms with E-state index in [1.165, 1.54) is 12.0 Å². The molecule has 2 unspecified atom stereocenters. The van der Waals surface area contributed by atoms with Crippen LogP contribution in [0.15, 0.2) is 24.3 Å². The molecule has 1 nitrogen and oxygen atoms in total. The van der Waals surface area contributed by atoms with Gasteiger partial charge in [0.05, 0.1) is 0 Å². The van der Waals surface area contributed by atoms with Crippen LogP contribution in [0.4, 0.5) is 0 Å². The van der Waals surface area contributed by atoms with E-state index >= 15 is 0 Å². The molecule has 1 aliphatic carbocycles. The molecule has 15 heavy (non-hydrogen) atoms. The Morgan fingerprint density at radius 1 is 1.53 bits per heavy atom. The van der Waals surface area contributed by atoms with Gasteiger partial charge in [0.2, 0.25) is 0 Å². The third-order valence-corrected chi connectivity index (χ3v) is 3.93. The van der Waals surface area contributed by atoms with Crippen molar-refractivity contribution in [1.82, 2.24) is 0 Å². The van der Waals surface area contributed by atoms with Gasteiger partial charge in [-0.25, -0.2) is 0 Å². The average Bonchev–Trinajstić information content (AvgIpc) is 2.11. The fourth-order valence-electron chi connectivity index (χ4n) is 2.38. The molecule has 1 fully saturated rings. The fraction of sp³-hybridized carbons (Fsp3) is 0.643. The highest BCUT2D eigenvalue weighted by atomic mass is 16.1. The minimum Gasteiger partial charge on any atom is -0.295 e. The zero-order valence-electron chi connectivity index (χ0n) is 10.3. The third kappa shape index (κ3) is 2.58. The van der Waals surface area contributed by atoms with Crippen molar-refractivity contribution in [1.29, 1.82) is 0 Å². The molecule has 0 heterocycles. The molecule has 0 radical (unpaired) electrons. The lowest BCUT2D eigenvalue weighted by atomic mass is 9.61. The molecule has 1 aliphatic rings.